The maximum absolute atomic E-state index is 12.0. The van der Waals surface area contributed by atoms with E-state index in [9.17, 15) is 14.7 Å². The SMILES string of the molecule is CCN(CCC(=O)OC)C(=O)Cc1cccc(O)c1. The summed E-state index contributed by atoms with van der Waals surface area (Å²) < 4.78 is 4.55. The van der Waals surface area contributed by atoms with Gasteiger partial charge in [-0.1, -0.05) is 12.1 Å². The van der Waals surface area contributed by atoms with E-state index in [1.54, 1.807) is 29.2 Å². The van der Waals surface area contributed by atoms with Gasteiger partial charge in [-0.25, -0.2) is 0 Å². The quantitative estimate of drug-likeness (QED) is 0.788. The Bertz CT molecular complexity index is 445. The molecule has 104 valence electrons. The van der Waals surface area contributed by atoms with Gasteiger partial charge in [0, 0.05) is 13.1 Å². The molecule has 0 aliphatic heterocycles. The van der Waals surface area contributed by atoms with Crippen molar-refractivity contribution in [1.82, 2.24) is 4.90 Å². The van der Waals surface area contributed by atoms with Gasteiger partial charge in [-0.2, -0.15) is 0 Å². The van der Waals surface area contributed by atoms with Crippen LogP contribution in [0.25, 0.3) is 0 Å². The number of aromatic hydroxyl groups is 1. The van der Waals surface area contributed by atoms with E-state index in [1.165, 1.54) is 7.11 Å². The number of hydrogen-bond donors (Lipinski definition) is 1. The Balaban J connectivity index is 2.56. The monoisotopic (exact) mass is 265 g/mol. The third-order valence-electron chi connectivity index (χ3n) is 2.81. The minimum atomic E-state index is -0.330. The van der Waals surface area contributed by atoms with Crippen LogP contribution in [0.3, 0.4) is 0 Å². The summed E-state index contributed by atoms with van der Waals surface area (Å²) in [7, 11) is 1.33. The first-order chi connectivity index (χ1) is 9.06. The van der Waals surface area contributed by atoms with E-state index < -0.39 is 0 Å². The molecule has 1 aromatic rings. The number of rotatable bonds is 6. The third kappa shape index (κ3) is 4.99. The van der Waals surface area contributed by atoms with Gasteiger partial charge in [-0.3, -0.25) is 9.59 Å². The number of hydrogen-bond acceptors (Lipinski definition) is 4. The molecule has 1 N–H and O–H groups in total. The molecule has 0 fully saturated rings. The molecule has 5 nitrogen and oxygen atoms in total. The Morgan fingerprint density at radius 1 is 1.37 bits per heavy atom. The number of carbonyl (C=O) groups is 2. The highest BCUT2D eigenvalue weighted by Crippen LogP contribution is 2.12. The van der Waals surface area contributed by atoms with E-state index in [0.29, 0.717) is 13.1 Å². The Morgan fingerprint density at radius 3 is 2.68 bits per heavy atom. The first-order valence-corrected chi connectivity index (χ1v) is 6.19. The molecule has 0 aliphatic carbocycles. The highest BCUT2D eigenvalue weighted by atomic mass is 16.5. The van der Waals surface area contributed by atoms with Gasteiger partial charge in [0.25, 0.3) is 0 Å². The third-order valence-corrected chi connectivity index (χ3v) is 2.81. The molecule has 0 atom stereocenters. The molecule has 0 bridgehead atoms. The molecule has 0 unspecified atom stereocenters. The molecule has 0 saturated carbocycles. The predicted octanol–water partition coefficient (Wildman–Crippen LogP) is 1.35. The number of carbonyl (C=O) groups excluding carboxylic acids is 2. The summed E-state index contributed by atoms with van der Waals surface area (Å²) in [5.74, 6) is -0.261. The van der Waals surface area contributed by atoms with Crippen molar-refractivity contribution in [3.63, 3.8) is 0 Å². The van der Waals surface area contributed by atoms with Crippen LogP contribution in [0.4, 0.5) is 0 Å². The van der Waals surface area contributed by atoms with Crippen molar-refractivity contribution in [1.29, 1.82) is 0 Å². The van der Waals surface area contributed by atoms with Crippen molar-refractivity contribution < 1.29 is 19.4 Å². The maximum atomic E-state index is 12.0. The van der Waals surface area contributed by atoms with Crippen molar-refractivity contribution in [3.8, 4) is 5.75 Å². The average molecular weight is 265 g/mol. The van der Waals surface area contributed by atoms with Crippen molar-refractivity contribution in [2.45, 2.75) is 19.8 Å². The summed E-state index contributed by atoms with van der Waals surface area (Å²) in [6, 6.07) is 6.60. The second kappa shape index (κ2) is 7.41. The molecule has 5 heteroatoms. The molecule has 1 amide bonds. The number of benzene rings is 1. The summed E-state index contributed by atoms with van der Waals surface area (Å²) in [6.07, 6.45) is 0.402. The first-order valence-electron chi connectivity index (χ1n) is 6.19. The second-order valence-electron chi connectivity index (χ2n) is 4.15. The van der Waals surface area contributed by atoms with Gasteiger partial charge in [0.15, 0.2) is 0 Å². The number of methoxy groups -OCH3 is 1. The van der Waals surface area contributed by atoms with Crippen LogP contribution in [0.15, 0.2) is 24.3 Å². The zero-order chi connectivity index (χ0) is 14.3. The summed E-state index contributed by atoms with van der Waals surface area (Å²) >= 11 is 0. The molecular weight excluding hydrogens is 246 g/mol. The normalized spacial score (nSPS) is 10.0. The largest absolute Gasteiger partial charge is 0.508 e. The van der Waals surface area contributed by atoms with Crippen LogP contribution in [0.2, 0.25) is 0 Å². The van der Waals surface area contributed by atoms with Gasteiger partial charge >= 0.3 is 5.97 Å². The number of ether oxygens (including phenoxy) is 1. The fourth-order valence-electron chi connectivity index (χ4n) is 1.74. The van der Waals surface area contributed by atoms with Gasteiger partial charge in [0.05, 0.1) is 20.0 Å². The smallest absolute Gasteiger partial charge is 0.307 e. The second-order valence-corrected chi connectivity index (χ2v) is 4.15. The van der Waals surface area contributed by atoms with Crippen LogP contribution in [0.5, 0.6) is 5.75 Å². The Morgan fingerprint density at radius 2 is 2.11 bits per heavy atom. The molecule has 1 rings (SSSR count). The van der Waals surface area contributed by atoms with Crippen LogP contribution < -0.4 is 0 Å². The Labute approximate surface area is 112 Å². The molecule has 0 radical (unpaired) electrons. The van der Waals surface area contributed by atoms with Crippen LogP contribution in [-0.2, 0) is 20.7 Å². The standard InChI is InChI=1S/C14H19NO4/c1-3-15(8-7-14(18)19-2)13(17)10-11-5-4-6-12(16)9-11/h4-6,9,16H,3,7-8,10H2,1-2H3. The van der Waals surface area contributed by atoms with E-state index in [1.807, 2.05) is 6.92 Å². The van der Waals surface area contributed by atoms with Crippen molar-refractivity contribution >= 4 is 11.9 Å². The predicted molar refractivity (Wildman–Crippen MR) is 70.7 cm³/mol. The minimum absolute atomic E-state index is 0.0722. The lowest BCUT2D eigenvalue weighted by Gasteiger charge is -2.20. The van der Waals surface area contributed by atoms with Gasteiger partial charge in [0.1, 0.15) is 5.75 Å². The molecule has 19 heavy (non-hydrogen) atoms. The average Bonchev–Trinajstić information content (AvgIpc) is 2.39. The van der Waals surface area contributed by atoms with Gasteiger partial charge in [-0.05, 0) is 24.6 Å². The first kappa shape index (κ1) is 15.0. The summed E-state index contributed by atoms with van der Waals surface area (Å²) in [5.41, 5.74) is 0.751. The van der Waals surface area contributed by atoms with E-state index in [4.69, 9.17) is 0 Å². The van der Waals surface area contributed by atoms with E-state index in [0.717, 1.165) is 5.56 Å². The van der Waals surface area contributed by atoms with Crippen molar-refractivity contribution in [2.75, 3.05) is 20.2 Å². The van der Waals surface area contributed by atoms with Crippen LogP contribution in [0.1, 0.15) is 18.9 Å². The molecule has 0 saturated heterocycles. The molecule has 0 aliphatic rings. The summed E-state index contributed by atoms with van der Waals surface area (Å²) in [6.45, 7) is 2.74. The number of nitrogens with zero attached hydrogens (tertiary/aromatic N) is 1. The number of likely N-dealkylation sites (N-methyl/N-ethyl adjacent to an activating group) is 1. The fourth-order valence-corrected chi connectivity index (χ4v) is 1.74. The summed E-state index contributed by atoms with van der Waals surface area (Å²) in [4.78, 5) is 24.7. The van der Waals surface area contributed by atoms with E-state index in [2.05, 4.69) is 4.74 Å². The number of amides is 1. The van der Waals surface area contributed by atoms with E-state index >= 15 is 0 Å². The molecule has 0 heterocycles. The zero-order valence-corrected chi connectivity index (χ0v) is 11.3. The number of esters is 1. The van der Waals surface area contributed by atoms with E-state index in [-0.39, 0.29) is 30.5 Å². The van der Waals surface area contributed by atoms with Crippen molar-refractivity contribution in [2.24, 2.45) is 0 Å². The van der Waals surface area contributed by atoms with Crippen LogP contribution in [-0.4, -0.2) is 42.1 Å². The Kier molecular flexibility index (Phi) is 5.85. The lowest BCUT2D eigenvalue weighted by Crippen LogP contribution is -2.34. The topological polar surface area (TPSA) is 66.8 Å². The van der Waals surface area contributed by atoms with Gasteiger partial charge < -0.3 is 14.7 Å². The maximum Gasteiger partial charge on any atom is 0.307 e. The molecule has 0 aromatic heterocycles. The zero-order valence-electron chi connectivity index (χ0n) is 11.3. The molecule has 1 aromatic carbocycles. The lowest BCUT2D eigenvalue weighted by atomic mass is 10.1. The minimum Gasteiger partial charge on any atom is -0.508 e. The van der Waals surface area contributed by atoms with Crippen LogP contribution >= 0.6 is 0 Å². The number of phenolic OH excluding ortho intramolecular Hbond substituents is 1. The fraction of sp³-hybridized carbons (Fsp3) is 0.429. The summed E-state index contributed by atoms with van der Waals surface area (Å²) in [5, 5.41) is 9.34. The van der Waals surface area contributed by atoms with Crippen molar-refractivity contribution in [3.05, 3.63) is 29.8 Å². The highest BCUT2D eigenvalue weighted by molar-refractivity contribution is 5.79. The molecular formula is C14H19NO4. The Hall–Kier alpha value is -2.04. The highest BCUT2D eigenvalue weighted by Gasteiger charge is 2.14. The number of phenols is 1. The molecule has 0 spiro atoms. The van der Waals surface area contributed by atoms with Gasteiger partial charge in [0.2, 0.25) is 5.91 Å². The van der Waals surface area contributed by atoms with Crippen LogP contribution in [0, 0.1) is 0 Å². The lowest BCUT2D eigenvalue weighted by molar-refractivity contribution is -0.141. The van der Waals surface area contributed by atoms with Gasteiger partial charge in [-0.15, -0.1) is 0 Å².